The van der Waals surface area contributed by atoms with Gasteiger partial charge >= 0.3 is 0 Å². The Labute approximate surface area is 145 Å². The van der Waals surface area contributed by atoms with E-state index in [1.165, 1.54) is 44.9 Å². The van der Waals surface area contributed by atoms with Crippen LogP contribution < -0.4 is 11.1 Å². The van der Waals surface area contributed by atoms with Crippen LogP contribution in [0.1, 0.15) is 51.4 Å². The van der Waals surface area contributed by atoms with E-state index in [0.29, 0.717) is 24.3 Å². The van der Waals surface area contributed by atoms with Crippen molar-refractivity contribution < 1.29 is 9.53 Å². The smallest absolute Gasteiger partial charge is 0.230 e. The lowest BCUT2D eigenvalue weighted by atomic mass is 9.84. The van der Waals surface area contributed by atoms with Crippen LogP contribution in [0.5, 0.6) is 0 Å². The topological polar surface area (TPSA) is 64.3 Å². The van der Waals surface area contributed by atoms with Gasteiger partial charge in [0, 0.05) is 24.9 Å². The molecule has 2 aliphatic rings. The summed E-state index contributed by atoms with van der Waals surface area (Å²) in [6.07, 6.45) is 10.3. The molecule has 22 heavy (non-hydrogen) atoms. The van der Waals surface area contributed by atoms with Gasteiger partial charge in [-0.15, -0.1) is 24.2 Å². The molecule has 0 aromatic carbocycles. The Morgan fingerprint density at radius 1 is 1.18 bits per heavy atom. The molecule has 2 rings (SSSR count). The molecule has 1 aliphatic heterocycles. The maximum Gasteiger partial charge on any atom is 0.230 e. The fraction of sp³-hybridized carbons (Fsp3) is 0.938. The zero-order chi connectivity index (χ0) is 14.9. The molecule has 0 aromatic heterocycles. The summed E-state index contributed by atoms with van der Waals surface area (Å²) in [6, 6.07) is 0.171. The molecule has 0 aromatic rings. The zero-order valence-electron chi connectivity index (χ0n) is 13.4. The Hall–Kier alpha value is 0.0300. The molecular formula is C16H31ClN2O2S. The van der Waals surface area contributed by atoms with E-state index in [0.717, 1.165) is 18.8 Å². The van der Waals surface area contributed by atoms with Gasteiger partial charge in [-0.05, 0) is 38.0 Å². The minimum Gasteiger partial charge on any atom is -0.377 e. The Kier molecular flexibility index (Phi) is 10.5. The van der Waals surface area contributed by atoms with Crippen molar-refractivity contribution in [2.24, 2.45) is 11.7 Å². The third kappa shape index (κ3) is 7.07. The van der Waals surface area contributed by atoms with E-state index in [1.807, 2.05) is 0 Å². The first-order chi connectivity index (χ1) is 10.3. The van der Waals surface area contributed by atoms with Crippen LogP contribution in [0.2, 0.25) is 0 Å². The molecular weight excluding hydrogens is 320 g/mol. The summed E-state index contributed by atoms with van der Waals surface area (Å²) in [5.41, 5.74) is 5.86. The summed E-state index contributed by atoms with van der Waals surface area (Å²) in [6.45, 7) is 1.45. The van der Waals surface area contributed by atoms with Gasteiger partial charge in [0.2, 0.25) is 5.91 Å². The molecule has 0 radical (unpaired) electrons. The first-order valence-corrected chi connectivity index (χ1v) is 9.64. The highest BCUT2D eigenvalue weighted by Crippen LogP contribution is 2.26. The minimum atomic E-state index is 0. The number of carbonyl (C=O) groups excluding carboxylic acids is 1. The van der Waals surface area contributed by atoms with Gasteiger partial charge in [0.25, 0.3) is 0 Å². The number of ether oxygens (including phenoxy) is 1. The molecule has 2 atom stereocenters. The van der Waals surface area contributed by atoms with Gasteiger partial charge in [-0.1, -0.05) is 19.3 Å². The number of nitrogens with one attached hydrogen (secondary N) is 1. The Morgan fingerprint density at radius 2 is 1.91 bits per heavy atom. The molecule has 1 heterocycles. The second-order valence-corrected chi connectivity index (χ2v) is 7.34. The van der Waals surface area contributed by atoms with Crippen molar-refractivity contribution in [3.05, 3.63) is 0 Å². The summed E-state index contributed by atoms with van der Waals surface area (Å²) < 4.78 is 5.68. The first-order valence-electron chi connectivity index (χ1n) is 8.48. The highest BCUT2D eigenvalue weighted by atomic mass is 35.5. The van der Waals surface area contributed by atoms with Crippen molar-refractivity contribution in [3.63, 3.8) is 0 Å². The van der Waals surface area contributed by atoms with Crippen molar-refractivity contribution in [2.75, 3.05) is 24.7 Å². The summed E-state index contributed by atoms with van der Waals surface area (Å²) in [7, 11) is 0. The summed E-state index contributed by atoms with van der Waals surface area (Å²) in [5, 5.41) is 3.15. The van der Waals surface area contributed by atoms with E-state index in [4.69, 9.17) is 10.5 Å². The second-order valence-electron chi connectivity index (χ2n) is 6.31. The number of thioether (sulfide) groups is 1. The molecule has 4 nitrogen and oxygen atoms in total. The standard InChI is InChI=1S/C16H30N2O2S.ClH/c17-10-15(13-6-2-1-3-7-13)18-16(19)12-21-11-14-8-4-5-9-20-14;/h13-15H,1-12,17H2,(H,18,19);1H. The minimum absolute atomic E-state index is 0. The summed E-state index contributed by atoms with van der Waals surface area (Å²) >= 11 is 1.69. The molecule has 130 valence electrons. The van der Waals surface area contributed by atoms with Crippen LogP contribution in [0.4, 0.5) is 0 Å². The third-order valence-electron chi connectivity index (χ3n) is 4.63. The maximum absolute atomic E-state index is 12.1. The average molecular weight is 351 g/mol. The van der Waals surface area contributed by atoms with Crippen molar-refractivity contribution >= 4 is 30.1 Å². The molecule has 0 bridgehead atoms. The van der Waals surface area contributed by atoms with Gasteiger partial charge in [0.1, 0.15) is 0 Å². The highest BCUT2D eigenvalue weighted by molar-refractivity contribution is 7.99. The van der Waals surface area contributed by atoms with E-state index in [1.54, 1.807) is 11.8 Å². The normalized spacial score (nSPS) is 24.3. The van der Waals surface area contributed by atoms with E-state index in [9.17, 15) is 4.79 Å². The quantitative estimate of drug-likeness (QED) is 0.741. The SMILES string of the molecule is Cl.NCC(NC(=O)CSCC1CCCCO1)C1CCCCC1. The van der Waals surface area contributed by atoms with Crippen molar-refractivity contribution in [1.82, 2.24) is 5.32 Å². The Morgan fingerprint density at radius 3 is 2.55 bits per heavy atom. The number of carbonyl (C=O) groups is 1. The number of hydrogen-bond donors (Lipinski definition) is 2. The summed E-state index contributed by atoms with van der Waals surface area (Å²) in [4.78, 5) is 12.1. The molecule has 2 fully saturated rings. The van der Waals surface area contributed by atoms with Crippen LogP contribution in [-0.4, -0.2) is 42.7 Å². The molecule has 1 saturated heterocycles. The van der Waals surface area contributed by atoms with Crippen molar-refractivity contribution in [3.8, 4) is 0 Å². The van der Waals surface area contributed by atoms with Crippen LogP contribution in [0.25, 0.3) is 0 Å². The molecule has 0 spiro atoms. The van der Waals surface area contributed by atoms with Gasteiger partial charge in [0.05, 0.1) is 11.9 Å². The van der Waals surface area contributed by atoms with Crippen LogP contribution in [0.3, 0.4) is 0 Å². The molecule has 1 amide bonds. The second kappa shape index (κ2) is 11.5. The number of amides is 1. The molecule has 1 aliphatic carbocycles. The van der Waals surface area contributed by atoms with Gasteiger partial charge in [-0.3, -0.25) is 4.79 Å². The molecule has 2 unspecified atom stereocenters. The largest absolute Gasteiger partial charge is 0.377 e. The number of hydrogen-bond acceptors (Lipinski definition) is 4. The Balaban J connectivity index is 0.00000242. The molecule has 1 saturated carbocycles. The first kappa shape index (κ1) is 20.1. The fourth-order valence-corrected chi connectivity index (χ4v) is 4.29. The fourth-order valence-electron chi connectivity index (χ4n) is 3.38. The molecule has 3 N–H and O–H groups in total. The highest BCUT2D eigenvalue weighted by Gasteiger charge is 2.24. The van der Waals surface area contributed by atoms with Gasteiger partial charge < -0.3 is 15.8 Å². The number of rotatable bonds is 7. The van der Waals surface area contributed by atoms with Gasteiger partial charge in [-0.2, -0.15) is 0 Å². The van der Waals surface area contributed by atoms with Crippen molar-refractivity contribution in [1.29, 1.82) is 0 Å². The molecule has 6 heteroatoms. The monoisotopic (exact) mass is 350 g/mol. The predicted octanol–water partition coefficient (Wildman–Crippen LogP) is 2.73. The summed E-state index contributed by atoms with van der Waals surface area (Å²) in [5.74, 6) is 2.18. The average Bonchev–Trinajstić information content (AvgIpc) is 2.54. The lowest BCUT2D eigenvalue weighted by molar-refractivity contribution is -0.119. The van der Waals surface area contributed by atoms with E-state index < -0.39 is 0 Å². The van der Waals surface area contributed by atoms with Crippen LogP contribution >= 0.6 is 24.2 Å². The van der Waals surface area contributed by atoms with E-state index in [-0.39, 0.29) is 24.4 Å². The van der Waals surface area contributed by atoms with Crippen LogP contribution in [0.15, 0.2) is 0 Å². The number of nitrogens with two attached hydrogens (primary N) is 1. The predicted molar refractivity (Wildman–Crippen MR) is 95.7 cm³/mol. The van der Waals surface area contributed by atoms with E-state index >= 15 is 0 Å². The Bertz CT molecular complexity index is 309. The van der Waals surface area contributed by atoms with Gasteiger partial charge in [0.15, 0.2) is 0 Å². The number of halogens is 1. The lowest BCUT2D eigenvalue weighted by Crippen LogP contribution is -2.46. The maximum atomic E-state index is 12.1. The lowest BCUT2D eigenvalue weighted by Gasteiger charge is -2.30. The van der Waals surface area contributed by atoms with Crippen molar-refractivity contribution in [2.45, 2.75) is 63.5 Å². The van der Waals surface area contributed by atoms with Crippen LogP contribution in [0, 0.1) is 5.92 Å². The zero-order valence-corrected chi connectivity index (χ0v) is 15.1. The van der Waals surface area contributed by atoms with E-state index in [2.05, 4.69) is 5.32 Å². The third-order valence-corrected chi connectivity index (χ3v) is 5.70. The van der Waals surface area contributed by atoms with Gasteiger partial charge in [-0.25, -0.2) is 0 Å². The van der Waals surface area contributed by atoms with Crippen LogP contribution in [-0.2, 0) is 9.53 Å².